The molecule has 3 aromatic heterocycles. The van der Waals surface area contributed by atoms with Crippen molar-refractivity contribution in [2.24, 2.45) is 0 Å². The molecule has 22 heavy (non-hydrogen) atoms. The Morgan fingerprint density at radius 1 is 1.23 bits per heavy atom. The first-order valence-corrected chi connectivity index (χ1v) is 8.33. The maximum absolute atomic E-state index is 4.66. The van der Waals surface area contributed by atoms with E-state index >= 15 is 0 Å². The highest BCUT2D eigenvalue weighted by molar-refractivity contribution is 7.09. The molecule has 7 heteroatoms. The molecule has 4 heterocycles. The Morgan fingerprint density at radius 2 is 2.18 bits per heavy atom. The molecule has 6 nitrogen and oxygen atoms in total. The van der Waals surface area contributed by atoms with Crippen LogP contribution in [0.3, 0.4) is 0 Å². The van der Waals surface area contributed by atoms with Gasteiger partial charge in [-0.05, 0) is 13.0 Å². The molecule has 0 spiro atoms. The molecule has 0 N–H and O–H groups in total. The topological polar surface area (TPSA) is 51.8 Å². The molecule has 0 aromatic carbocycles. The summed E-state index contributed by atoms with van der Waals surface area (Å²) in [5.41, 5.74) is 1.22. The highest BCUT2D eigenvalue weighted by Gasteiger charge is 2.27. The van der Waals surface area contributed by atoms with Crippen LogP contribution in [0, 0.1) is 0 Å². The number of thiazole rings is 1. The van der Waals surface area contributed by atoms with Gasteiger partial charge in [-0.25, -0.2) is 9.97 Å². The molecule has 4 rings (SSSR count). The van der Waals surface area contributed by atoms with Gasteiger partial charge in [0.15, 0.2) is 0 Å². The first kappa shape index (κ1) is 13.7. The summed E-state index contributed by atoms with van der Waals surface area (Å²) < 4.78 is 4.28. The maximum Gasteiger partial charge on any atom is 0.126 e. The minimum atomic E-state index is 0.309. The van der Waals surface area contributed by atoms with Crippen molar-refractivity contribution in [1.29, 1.82) is 0 Å². The fourth-order valence-electron chi connectivity index (χ4n) is 3.01. The second kappa shape index (κ2) is 5.66. The van der Waals surface area contributed by atoms with Crippen molar-refractivity contribution in [3.63, 3.8) is 0 Å². The van der Waals surface area contributed by atoms with Gasteiger partial charge in [-0.1, -0.05) is 0 Å². The largest absolute Gasteiger partial charge is 0.328 e. The molecule has 3 aromatic rings. The summed E-state index contributed by atoms with van der Waals surface area (Å²) in [5.74, 6) is 1.14. The van der Waals surface area contributed by atoms with Crippen LogP contribution >= 0.6 is 11.3 Å². The van der Waals surface area contributed by atoms with E-state index in [4.69, 9.17) is 0 Å². The average molecular weight is 314 g/mol. The normalized spacial score (nSPS) is 18.5. The van der Waals surface area contributed by atoms with Crippen molar-refractivity contribution < 1.29 is 0 Å². The van der Waals surface area contributed by atoms with Crippen molar-refractivity contribution in [3.05, 3.63) is 52.8 Å². The van der Waals surface area contributed by atoms with Crippen LogP contribution in [0.25, 0.3) is 0 Å². The molecule has 0 saturated carbocycles. The summed E-state index contributed by atoms with van der Waals surface area (Å²) >= 11 is 1.72. The number of aromatic nitrogens is 5. The second-order valence-electron chi connectivity index (χ2n) is 5.54. The summed E-state index contributed by atoms with van der Waals surface area (Å²) in [7, 11) is 0. The smallest absolute Gasteiger partial charge is 0.126 e. The van der Waals surface area contributed by atoms with E-state index in [1.54, 1.807) is 11.3 Å². The van der Waals surface area contributed by atoms with Gasteiger partial charge >= 0.3 is 0 Å². The summed E-state index contributed by atoms with van der Waals surface area (Å²) in [6.07, 6.45) is 7.66. The van der Waals surface area contributed by atoms with E-state index in [9.17, 15) is 0 Å². The van der Waals surface area contributed by atoms with E-state index in [1.807, 2.05) is 40.9 Å². The molecule has 0 bridgehead atoms. The third-order valence-corrected chi connectivity index (χ3v) is 4.97. The van der Waals surface area contributed by atoms with E-state index in [2.05, 4.69) is 31.5 Å². The lowest BCUT2D eigenvalue weighted by atomic mass is 10.2. The van der Waals surface area contributed by atoms with Crippen molar-refractivity contribution in [2.45, 2.75) is 32.6 Å². The van der Waals surface area contributed by atoms with Crippen LogP contribution in [0.2, 0.25) is 0 Å². The van der Waals surface area contributed by atoms with Crippen molar-refractivity contribution in [2.75, 3.05) is 6.54 Å². The molecular formula is C15H18N6S. The number of hydrogen-bond donors (Lipinski definition) is 0. The molecule has 114 valence electrons. The molecule has 1 aliphatic heterocycles. The molecule has 0 saturated heterocycles. The highest BCUT2D eigenvalue weighted by Crippen LogP contribution is 2.27. The van der Waals surface area contributed by atoms with E-state index in [-0.39, 0.29) is 0 Å². The van der Waals surface area contributed by atoms with Crippen molar-refractivity contribution in [1.82, 2.24) is 29.2 Å². The van der Waals surface area contributed by atoms with Gasteiger partial charge in [0.1, 0.15) is 10.8 Å². The van der Waals surface area contributed by atoms with E-state index in [1.165, 1.54) is 10.7 Å². The van der Waals surface area contributed by atoms with Crippen LogP contribution in [-0.4, -0.2) is 35.8 Å². The van der Waals surface area contributed by atoms with Crippen LogP contribution in [-0.2, 0) is 19.6 Å². The molecule has 1 aliphatic rings. The van der Waals surface area contributed by atoms with Gasteiger partial charge in [0.05, 0.1) is 31.0 Å². The van der Waals surface area contributed by atoms with Gasteiger partial charge in [0, 0.05) is 37.1 Å². The van der Waals surface area contributed by atoms with Crippen molar-refractivity contribution >= 4 is 11.3 Å². The van der Waals surface area contributed by atoms with Gasteiger partial charge in [-0.3, -0.25) is 9.58 Å². The highest BCUT2D eigenvalue weighted by atomic mass is 32.1. The zero-order chi connectivity index (χ0) is 14.9. The van der Waals surface area contributed by atoms with Gasteiger partial charge in [-0.15, -0.1) is 11.3 Å². The van der Waals surface area contributed by atoms with Gasteiger partial charge < -0.3 is 4.57 Å². The van der Waals surface area contributed by atoms with Crippen LogP contribution in [0.5, 0.6) is 0 Å². The molecule has 0 fully saturated rings. The third kappa shape index (κ3) is 2.46. The van der Waals surface area contributed by atoms with Crippen LogP contribution < -0.4 is 0 Å². The average Bonchev–Trinajstić information content (AvgIpc) is 3.25. The lowest BCUT2D eigenvalue weighted by Gasteiger charge is -2.33. The minimum Gasteiger partial charge on any atom is -0.328 e. The summed E-state index contributed by atoms with van der Waals surface area (Å²) in [6.45, 7) is 5.90. The Balaban J connectivity index is 1.54. The Labute approximate surface area is 133 Å². The van der Waals surface area contributed by atoms with Gasteiger partial charge in [0.25, 0.3) is 0 Å². The Bertz CT molecular complexity index is 730. The number of fused-ring (bicyclic) bond motifs is 1. The van der Waals surface area contributed by atoms with Crippen LogP contribution in [0.1, 0.15) is 29.5 Å². The molecular weight excluding hydrogens is 296 g/mol. The number of nitrogens with zero attached hydrogens (tertiary/aromatic N) is 6. The van der Waals surface area contributed by atoms with Gasteiger partial charge in [0.2, 0.25) is 0 Å². The molecule has 0 aliphatic carbocycles. The lowest BCUT2D eigenvalue weighted by Crippen LogP contribution is -2.37. The summed E-state index contributed by atoms with van der Waals surface area (Å²) in [4.78, 5) is 11.5. The monoisotopic (exact) mass is 314 g/mol. The van der Waals surface area contributed by atoms with E-state index in [0.717, 1.165) is 32.0 Å². The quantitative estimate of drug-likeness (QED) is 0.740. The number of rotatable bonds is 4. The minimum absolute atomic E-state index is 0.309. The fourth-order valence-corrected chi connectivity index (χ4v) is 3.65. The maximum atomic E-state index is 4.66. The summed E-state index contributed by atoms with van der Waals surface area (Å²) in [6, 6.07) is 2.26. The first-order chi connectivity index (χ1) is 10.8. The molecule has 1 unspecified atom stereocenters. The second-order valence-corrected chi connectivity index (χ2v) is 6.51. The molecule has 0 amide bonds. The molecule has 0 radical (unpaired) electrons. The number of imidazole rings is 1. The van der Waals surface area contributed by atoms with E-state index < -0.39 is 0 Å². The zero-order valence-corrected chi connectivity index (χ0v) is 13.3. The fraction of sp³-hybridized carbons (Fsp3) is 0.400. The SMILES string of the molecule is CC1c2ncc(Cn3cccn3)n2CCN1Cc1nccs1. The van der Waals surface area contributed by atoms with Crippen LogP contribution in [0.4, 0.5) is 0 Å². The lowest BCUT2D eigenvalue weighted by molar-refractivity contribution is 0.154. The zero-order valence-electron chi connectivity index (χ0n) is 12.5. The molecule has 1 atom stereocenters. The predicted octanol–water partition coefficient (Wildman–Crippen LogP) is 2.16. The Morgan fingerprint density at radius 3 is 2.95 bits per heavy atom. The summed E-state index contributed by atoms with van der Waals surface area (Å²) in [5, 5.41) is 7.49. The first-order valence-electron chi connectivity index (χ1n) is 7.45. The Hall–Kier alpha value is -1.99. The van der Waals surface area contributed by atoms with Gasteiger partial charge in [-0.2, -0.15) is 5.10 Å². The third-order valence-electron chi connectivity index (χ3n) is 4.21. The van der Waals surface area contributed by atoms with Crippen molar-refractivity contribution in [3.8, 4) is 0 Å². The standard InChI is InChI=1S/C15H18N6S/c1-12-15-17-9-13(10-20-5-2-3-18-20)21(15)7-6-19(12)11-14-16-4-8-22-14/h2-5,8-9,12H,6-7,10-11H2,1H3. The number of hydrogen-bond acceptors (Lipinski definition) is 5. The van der Waals surface area contributed by atoms with Crippen LogP contribution in [0.15, 0.2) is 36.2 Å². The Kier molecular flexibility index (Phi) is 3.51. The van der Waals surface area contributed by atoms with E-state index in [0.29, 0.717) is 6.04 Å². The predicted molar refractivity (Wildman–Crippen MR) is 84.5 cm³/mol.